The topological polar surface area (TPSA) is 178 Å². The smallest absolute Gasteiger partial charge is 0.191 e. The van der Waals surface area contributed by atoms with Crippen LogP contribution in [0.5, 0.6) is 0 Å². The normalized spacial score (nSPS) is 12.9. The number of aromatic nitrogens is 9. The van der Waals surface area contributed by atoms with E-state index in [2.05, 4.69) is 364 Å². The maximum atomic E-state index is 12.4. The van der Waals surface area contributed by atoms with Crippen LogP contribution in [0.1, 0.15) is 171 Å². The minimum atomic E-state index is 0.00192. The molecule has 0 saturated carbocycles. The second-order valence-electron chi connectivity index (χ2n) is 35.4. The third kappa shape index (κ3) is 26.4. The van der Waals surface area contributed by atoms with Crippen LogP contribution in [-0.2, 0) is 19.3 Å². The van der Waals surface area contributed by atoms with Gasteiger partial charge in [0.05, 0.1) is 22.3 Å². The third-order valence-electron chi connectivity index (χ3n) is 25.3. The van der Waals surface area contributed by atoms with Crippen molar-refractivity contribution in [1.82, 2.24) is 44.9 Å². The first-order valence-corrected chi connectivity index (χ1v) is 50.0. The molecule has 7 N–H and O–H groups in total. The summed E-state index contributed by atoms with van der Waals surface area (Å²) < 4.78 is 0. The van der Waals surface area contributed by atoms with Crippen LogP contribution in [0.3, 0.4) is 0 Å². The van der Waals surface area contributed by atoms with Crippen LogP contribution in [0.4, 0.5) is 0 Å². The highest BCUT2D eigenvalue weighted by atomic mass is 16.1. The molecular formula is C136H109N11O. The number of nitrogens with zero attached hydrogens (tertiary/aromatic N) is 4. The van der Waals surface area contributed by atoms with E-state index < -0.39 is 0 Å². The zero-order valence-electron chi connectivity index (χ0n) is 82.0. The second-order valence-corrected chi connectivity index (χ2v) is 35.4. The number of hydrogen-bond donors (Lipinski definition) is 7. The van der Waals surface area contributed by atoms with E-state index in [0.717, 1.165) is 137 Å². The van der Waals surface area contributed by atoms with Gasteiger partial charge < -0.3 is 34.9 Å². The van der Waals surface area contributed by atoms with Crippen LogP contribution in [0, 0.1) is 23.7 Å². The fraction of sp³-hybridized carbons (Fsp3) is 0.0515. The average Bonchev–Trinajstić information content (AvgIpc) is 1.62. The number of nitrogens with one attached hydrogen (secondary N) is 7. The molecule has 12 nitrogen and oxygen atoms in total. The number of aryl methyl sites for hydroxylation is 1. The van der Waals surface area contributed by atoms with Crippen LogP contribution in [0.2, 0.25) is 0 Å². The zero-order valence-corrected chi connectivity index (χ0v) is 82.0. The molecular weight excluding hydrogens is 1800 g/mol. The van der Waals surface area contributed by atoms with Crippen molar-refractivity contribution in [3.8, 4) is 23.7 Å². The Hall–Kier alpha value is -19.5. The number of rotatable bonds is 20. The summed E-state index contributed by atoms with van der Waals surface area (Å²) in [6.07, 6.45) is 67.8. The molecule has 10 heterocycles. The first kappa shape index (κ1) is 97.3. The highest BCUT2D eigenvalue weighted by Gasteiger charge is 2.20. The van der Waals surface area contributed by atoms with Crippen LogP contribution < -0.4 is 5.43 Å². The molecule has 20 aromatic rings. The average molecular weight is 1910 g/mol. The van der Waals surface area contributed by atoms with Crippen LogP contribution in [0.25, 0.3) is 159 Å². The summed E-state index contributed by atoms with van der Waals surface area (Å²) in [4.78, 5) is 53.9. The number of benzene rings is 12. The Morgan fingerprint density at radius 1 is 0.297 bits per heavy atom. The Balaban J connectivity index is 0.000000112. The minimum Gasteiger partial charge on any atom is -0.358 e. The van der Waals surface area contributed by atoms with E-state index in [1.165, 1.54) is 104 Å². The molecule has 0 spiro atoms. The first-order chi connectivity index (χ1) is 73.3. The van der Waals surface area contributed by atoms with Gasteiger partial charge in [-0.15, -0.1) is 0 Å². The fourth-order valence-corrected chi connectivity index (χ4v) is 17.8. The van der Waals surface area contributed by atoms with Gasteiger partial charge >= 0.3 is 0 Å². The number of pyridine rings is 1. The largest absolute Gasteiger partial charge is 0.358 e. The molecule has 8 aromatic heterocycles. The van der Waals surface area contributed by atoms with Gasteiger partial charge in [-0.1, -0.05) is 424 Å². The van der Waals surface area contributed by atoms with Crippen molar-refractivity contribution >= 4 is 172 Å². The van der Waals surface area contributed by atoms with E-state index in [0.29, 0.717) is 5.39 Å². The van der Waals surface area contributed by atoms with E-state index in [9.17, 15) is 4.79 Å². The Morgan fingerprint density at radius 2 is 0.682 bits per heavy atom. The van der Waals surface area contributed by atoms with Gasteiger partial charge in [-0.2, -0.15) is 0 Å². The SMILES string of the molecule is C(#Cc1[nH]c2ccccc2c1C#Cc1ccccc1)c1ccccc1.C(=C\c1[nH]c2c(c1/C=C/c1ccccc1)CCCC2)/c1ccccc1.C(=C\c1[nH]c2nccnc2c1/C=C/c1ccccc1)/c1ccccc1.C1=Cc2[nH]c(/C=C/c3ccccc3)c(/C=C/c3ccccc3)c2C1.C1=NC(/C=C/c2[nH]c3ccccc3c2/C=C/C2=CCC=N2)=CC1.O=c1cc[nH]c2[nH]c(/C=C/c3ccccc3)c(/C=C/c3ccccc3)c12. The van der Waals surface area contributed by atoms with Gasteiger partial charge in [-0.3, -0.25) is 19.8 Å². The lowest BCUT2D eigenvalue weighted by Gasteiger charge is -2.11. The third-order valence-corrected chi connectivity index (χ3v) is 25.3. The minimum absolute atomic E-state index is 0.00192. The maximum absolute atomic E-state index is 12.4. The summed E-state index contributed by atoms with van der Waals surface area (Å²) in [5.74, 6) is 13.0. The standard InChI is InChI=1S/C24H23N.C24H15N.C23H18N2O.C23H19N.C22H17N3.C20H17N3/c2*1-3-9-19(10-4-1)15-17-22-21-13-7-8-14-23(21)25-24(22)18-16-20-11-5-2-6-12-20;26-21-15-16-24-23-22(21)19(13-11-17-7-3-1-4-8-17)20(25-23)14-12-18-9-5-2-6-10-18;1-3-8-18(9-4-1)14-16-21-20-12-7-13-22(20)24-23(21)17-15-19-10-5-2-6-11-19;1-3-7-17(8-4-1)11-13-19-20(14-12-18-9-5-2-6-10-18)25-22-21(19)23-15-16-24-22;1-2-8-19-17(7-1)18(11-9-15-5-3-13-21-15)20(23-19)12-10-16-6-4-14-22-16/h1-6,9-12,15-18,25H,7-8,13-14H2;1-14,25H;1-16H,(H2,24,25,26);1-11,13-17,24H,12H2;1-16H,(H,24,25);1-2,5-14,23H,3-4H2/b17-15+,18-16+;;13-11+,14-12+;16-14+,17-15+;13-11+,14-12+;11-9+,12-10+. The van der Waals surface area contributed by atoms with Crippen molar-refractivity contribution in [2.45, 2.75) is 44.9 Å². The molecule has 2 aliphatic carbocycles. The molecule has 148 heavy (non-hydrogen) atoms. The van der Waals surface area contributed by atoms with Crippen molar-refractivity contribution in [2.24, 2.45) is 9.98 Å². The number of hydrogen-bond acceptors (Lipinski definition) is 5. The van der Waals surface area contributed by atoms with Gasteiger partial charge in [-0.05, 0) is 185 Å². The summed E-state index contributed by atoms with van der Waals surface area (Å²) in [6, 6.07) is 121. The summed E-state index contributed by atoms with van der Waals surface area (Å²) in [7, 11) is 0. The monoisotopic (exact) mass is 1910 g/mol. The van der Waals surface area contributed by atoms with E-state index in [1.54, 1.807) is 24.7 Å². The molecule has 24 rings (SSSR count). The molecule has 12 aromatic carbocycles. The molecule has 0 radical (unpaired) electrons. The lowest BCUT2D eigenvalue weighted by atomic mass is 9.94. The van der Waals surface area contributed by atoms with Crippen molar-refractivity contribution in [1.29, 1.82) is 0 Å². The van der Waals surface area contributed by atoms with Crippen LogP contribution >= 0.6 is 0 Å². The molecule has 0 amide bonds. The molecule has 0 saturated heterocycles. The molecule has 0 unspecified atom stereocenters. The summed E-state index contributed by atoms with van der Waals surface area (Å²) in [6.45, 7) is 0. The van der Waals surface area contributed by atoms with Crippen molar-refractivity contribution in [3.63, 3.8) is 0 Å². The van der Waals surface area contributed by atoms with E-state index in [-0.39, 0.29) is 5.43 Å². The number of H-pyrrole nitrogens is 7. The van der Waals surface area contributed by atoms with Gasteiger partial charge in [0.2, 0.25) is 0 Å². The maximum Gasteiger partial charge on any atom is 0.191 e. The molecule has 714 valence electrons. The highest BCUT2D eigenvalue weighted by Crippen LogP contribution is 2.35. The lowest BCUT2D eigenvalue weighted by Crippen LogP contribution is -2.00. The van der Waals surface area contributed by atoms with E-state index >= 15 is 0 Å². The number of fused-ring (bicyclic) bond motifs is 6. The van der Waals surface area contributed by atoms with Gasteiger partial charge in [-0.25, -0.2) is 4.98 Å². The van der Waals surface area contributed by atoms with Gasteiger partial charge in [0.1, 0.15) is 16.9 Å². The van der Waals surface area contributed by atoms with Gasteiger partial charge in [0, 0.05) is 151 Å². The number of para-hydroxylation sites is 2. The quantitative estimate of drug-likeness (QED) is 0.0376. The predicted molar refractivity (Wildman–Crippen MR) is 629 cm³/mol. The van der Waals surface area contributed by atoms with E-state index in [1.807, 2.05) is 225 Å². The Morgan fingerprint density at radius 3 is 1.18 bits per heavy atom. The van der Waals surface area contributed by atoms with Gasteiger partial charge in [0.15, 0.2) is 11.1 Å². The summed E-state index contributed by atoms with van der Waals surface area (Å²) in [5.41, 5.74) is 36.5. The Bertz CT molecular complexity index is 8620. The van der Waals surface area contributed by atoms with Crippen molar-refractivity contribution in [3.05, 3.63) is 574 Å². The van der Waals surface area contributed by atoms with Crippen LogP contribution in [0.15, 0.2) is 433 Å². The molecule has 12 heteroatoms. The Labute approximate surface area is 863 Å². The van der Waals surface area contributed by atoms with Crippen molar-refractivity contribution < 1.29 is 0 Å². The molecule has 4 aliphatic rings. The Kier molecular flexibility index (Phi) is 33.0. The fourth-order valence-electron chi connectivity index (χ4n) is 17.8. The second kappa shape index (κ2) is 50.2. The predicted octanol–water partition coefficient (Wildman–Crippen LogP) is 32.5. The number of allylic oxidation sites excluding steroid dienone is 5. The number of aromatic amines is 7. The van der Waals surface area contributed by atoms with E-state index in [4.69, 9.17) is 0 Å². The first-order valence-electron chi connectivity index (χ1n) is 50.0. The van der Waals surface area contributed by atoms with Crippen LogP contribution in [-0.4, -0.2) is 57.3 Å². The number of aliphatic imine (C=N–C) groups is 2. The van der Waals surface area contributed by atoms with Gasteiger partial charge in [0.25, 0.3) is 0 Å². The molecule has 0 fully saturated rings. The zero-order chi connectivity index (χ0) is 100. The summed E-state index contributed by atoms with van der Waals surface area (Å²) >= 11 is 0. The van der Waals surface area contributed by atoms with Crippen molar-refractivity contribution in [2.75, 3.05) is 0 Å². The highest BCUT2D eigenvalue weighted by molar-refractivity contribution is 5.98. The summed E-state index contributed by atoms with van der Waals surface area (Å²) in [5, 5.41) is 2.99. The lowest BCUT2D eigenvalue weighted by molar-refractivity contribution is 0.676. The molecule has 0 atom stereocenters. The molecule has 2 aliphatic heterocycles. The molecule has 0 bridgehead atoms.